The first-order valence-electron chi connectivity index (χ1n) is 10.1. The molecule has 0 unspecified atom stereocenters. The number of aliphatic carboxylic acids is 2. The van der Waals surface area contributed by atoms with Crippen LogP contribution in [0.15, 0.2) is 46.5 Å². The number of nitrogens with two attached hydrogens (primary N) is 1. The van der Waals surface area contributed by atoms with Crippen LogP contribution in [0.1, 0.15) is 11.3 Å². The Morgan fingerprint density at radius 1 is 1.24 bits per heavy atom. The van der Waals surface area contributed by atoms with Gasteiger partial charge in [-0.2, -0.15) is 0 Å². The number of pyridine rings is 1. The minimum Gasteiger partial charge on any atom is -0.546 e. The van der Waals surface area contributed by atoms with Crippen molar-refractivity contribution in [1.29, 1.82) is 0 Å². The van der Waals surface area contributed by atoms with Gasteiger partial charge in [0, 0.05) is 17.8 Å². The van der Waals surface area contributed by atoms with Gasteiger partial charge in [-0.05, 0) is 17.7 Å². The number of nitrogens with one attached hydrogen (secondary N) is 1. The molecule has 1 fully saturated rings. The maximum atomic E-state index is 12.9. The number of nitrogens with zero attached hydrogens (tertiary/aromatic N) is 4. The zero-order valence-electron chi connectivity index (χ0n) is 20.1. The summed E-state index contributed by atoms with van der Waals surface area (Å²) in [5, 5.41) is 29.2. The number of anilines is 1. The molecular weight excluding hydrogens is 562 g/mol. The summed E-state index contributed by atoms with van der Waals surface area (Å²) in [5.41, 5.74) is 5.50. The van der Waals surface area contributed by atoms with Gasteiger partial charge in [-0.1, -0.05) is 5.16 Å². The Kier molecular flexibility index (Phi) is 12.0. The summed E-state index contributed by atoms with van der Waals surface area (Å²) in [6, 6.07) is 2.29. The monoisotopic (exact) mass is 578 g/mol. The van der Waals surface area contributed by atoms with Crippen molar-refractivity contribution < 1.29 is 98.1 Å². The van der Waals surface area contributed by atoms with Gasteiger partial charge in [0.2, 0.25) is 0 Å². The third kappa shape index (κ3) is 7.26. The fourth-order valence-electron chi connectivity index (χ4n) is 3.30. The van der Waals surface area contributed by atoms with E-state index in [0.717, 1.165) is 21.8 Å². The summed E-state index contributed by atoms with van der Waals surface area (Å²) in [4.78, 5) is 61.6. The summed E-state index contributed by atoms with van der Waals surface area (Å²) in [5.74, 6) is -4.62. The van der Waals surface area contributed by atoms with Crippen LogP contribution >= 0.6 is 23.1 Å². The van der Waals surface area contributed by atoms with Crippen molar-refractivity contribution in [2.75, 3.05) is 18.1 Å². The van der Waals surface area contributed by atoms with Crippen molar-refractivity contribution in [2.24, 2.45) is 5.16 Å². The summed E-state index contributed by atoms with van der Waals surface area (Å²) in [7, 11) is 0. The molecule has 2 amide bonds. The van der Waals surface area contributed by atoms with Gasteiger partial charge in [0.05, 0.1) is 17.7 Å². The molecule has 38 heavy (non-hydrogen) atoms. The molecule has 0 spiro atoms. The number of nitrogen functional groups attached to an aromatic ring is 1. The van der Waals surface area contributed by atoms with Crippen molar-refractivity contribution in [3.05, 3.63) is 52.6 Å². The Hall–Kier alpha value is -2.18. The minimum absolute atomic E-state index is 0. The maximum absolute atomic E-state index is 12.9. The second-order valence-electron chi connectivity index (χ2n) is 7.22. The number of oxime groups is 1. The van der Waals surface area contributed by atoms with Gasteiger partial charge in [-0.15, -0.1) is 23.1 Å². The molecule has 188 valence electrons. The topological polar surface area (TPSA) is 212 Å². The first-order valence-corrected chi connectivity index (χ1v) is 12.0. The number of fused-ring (bicyclic) bond motifs is 1. The van der Waals surface area contributed by atoms with Crippen molar-refractivity contribution in [3.63, 3.8) is 0 Å². The number of rotatable bonds is 10. The molecule has 0 bridgehead atoms. The maximum Gasteiger partial charge on any atom is 1.00 e. The number of carboxylic acids is 2. The Morgan fingerprint density at radius 2 is 1.95 bits per heavy atom. The summed E-state index contributed by atoms with van der Waals surface area (Å²) in [6.45, 7) is -0.864. The Balaban J connectivity index is 0.00000253. The van der Waals surface area contributed by atoms with Crippen LogP contribution in [0.25, 0.3) is 0 Å². The van der Waals surface area contributed by atoms with E-state index < -0.39 is 53.2 Å². The van der Waals surface area contributed by atoms with Gasteiger partial charge in [-0.25, -0.2) is 4.98 Å². The molecule has 18 heteroatoms. The molecule has 0 radical (unpaired) electrons. The van der Waals surface area contributed by atoms with Crippen molar-refractivity contribution in [3.8, 4) is 0 Å². The quantitative estimate of drug-likeness (QED) is 0.116. The van der Waals surface area contributed by atoms with E-state index >= 15 is 0 Å². The number of ether oxygens (including phenoxy) is 1. The summed E-state index contributed by atoms with van der Waals surface area (Å²) < 4.78 is 5.64. The van der Waals surface area contributed by atoms with Gasteiger partial charge in [-0.3, -0.25) is 19.5 Å². The van der Waals surface area contributed by atoms with Crippen LogP contribution < -0.4 is 80.4 Å². The molecule has 2 aromatic heterocycles. The van der Waals surface area contributed by atoms with E-state index in [1.165, 1.54) is 17.1 Å². The van der Waals surface area contributed by atoms with Crippen LogP contribution in [0.4, 0.5) is 5.13 Å². The number of thioether (sulfide) groups is 1. The van der Waals surface area contributed by atoms with Crippen LogP contribution in [-0.4, -0.2) is 68.1 Å². The second-order valence-corrected chi connectivity index (χ2v) is 9.22. The van der Waals surface area contributed by atoms with E-state index in [-0.39, 0.29) is 88.1 Å². The standard InChI is InChI=1S/C20H18N6O8S2.2Na/c21-20-23-10(7-36-20)13(25-34-6-12(27)28)16(29)24-14-17(30)26-15(19(31)32)11(8-35-18(14)26)33-5-9-1-3-22-4-2-9;;/h1-4,7,14,18H,5-6,8H2,(H2,21,23)(H,24,29)(H,27,28)(H,31,32);;/q;2*+1/p-2/b25-13-;;/t14-,18-;;/m1../s1. The van der Waals surface area contributed by atoms with Crippen molar-refractivity contribution >= 4 is 57.7 Å². The zero-order valence-corrected chi connectivity index (χ0v) is 25.7. The summed E-state index contributed by atoms with van der Waals surface area (Å²) in [6.07, 6.45) is 3.12. The largest absolute Gasteiger partial charge is 1.00 e. The fraction of sp³-hybridized carbons (Fsp3) is 0.250. The van der Waals surface area contributed by atoms with E-state index in [1.54, 1.807) is 24.5 Å². The van der Waals surface area contributed by atoms with Gasteiger partial charge in [0.15, 0.2) is 17.5 Å². The second kappa shape index (κ2) is 14.3. The first kappa shape index (κ1) is 32.0. The zero-order chi connectivity index (χ0) is 25.8. The molecule has 4 rings (SSSR count). The van der Waals surface area contributed by atoms with Crippen molar-refractivity contribution in [2.45, 2.75) is 18.0 Å². The van der Waals surface area contributed by atoms with Crippen LogP contribution in [0.3, 0.4) is 0 Å². The van der Waals surface area contributed by atoms with Crippen LogP contribution in [0.2, 0.25) is 0 Å². The van der Waals surface area contributed by atoms with E-state index in [9.17, 15) is 29.4 Å². The number of thiazole rings is 1. The molecule has 2 atom stereocenters. The molecule has 2 aromatic rings. The normalized spacial score (nSPS) is 18.3. The predicted octanol–water partition coefficient (Wildman–Crippen LogP) is -8.82. The first-order chi connectivity index (χ1) is 17.3. The molecule has 3 N–H and O–H groups in total. The number of carbonyl (C=O) groups is 4. The van der Waals surface area contributed by atoms with Crippen molar-refractivity contribution in [1.82, 2.24) is 20.2 Å². The molecule has 2 aliphatic rings. The molecule has 0 aliphatic carbocycles. The van der Waals surface area contributed by atoms with E-state index in [4.69, 9.17) is 10.5 Å². The number of hydrogen-bond acceptors (Lipinski definition) is 14. The molecule has 0 aromatic carbocycles. The molecule has 14 nitrogen and oxygen atoms in total. The number of β-lactam (4-membered cyclic amide) rings is 1. The third-order valence-corrected chi connectivity index (χ3v) is 6.82. The molecular formula is C20H16N6Na2O8S2. The Labute approximate surface area is 267 Å². The number of carbonyl (C=O) groups excluding carboxylic acids is 4. The predicted molar refractivity (Wildman–Crippen MR) is 120 cm³/mol. The molecule has 2 aliphatic heterocycles. The third-order valence-electron chi connectivity index (χ3n) is 4.89. The number of hydrogen-bond donors (Lipinski definition) is 2. The average Bonchev–Trinajstić information content (AvgIpc) is 3.29. The van der Waals surface area contributed by atoms with Gasteiger partial charge in [0.1, 0.15) is 35.2 Å². The van der Waals surface area contributed by atoms with Gasteiger partial charge < -0.3 is 40.4 Å². The number of amides is 2. The van der Waals surface area contributed by atoms with E-state index in [2.05, 4.69) is 25.3 Å². The average molecular weight is 578 g/mol. The smallest absolute Gasteiger partial charge is 0.546 e. The Morgan fingerprint density at radius 3 is 2.55 bits per heavy atom. The summed E-state index contributed by atoms with van der Waals surface area (Å²) >= 11 is 2.18. The van der Waals surface area contributed by atoms with Gasteiger partial charge in [0.25, 0.3) is 11.8 Å². The molecule has 1 saturated heterocycles. The van der Waals surface area contributed by atoms with Gasteiger partial charge >= 0.3 is 59.1 Å². The molecule has 4 heterocycles. The van der Waals surface area contributed by atoms with Crippen LogP contribution in [0, 0.1) is 0 Å². The minimum atomic E-state index is -1.60. The fourth-order valence-corrected chi connectivity index (χ4v) is 5.13. The van der Waals surface area contributed by atoms with Crippen LogP contribution in [-0.2, 0) is 35.4 Å². The van der Waals surface area contributed by atoms with E-state index in [1.807, 2.05) is 0 Å². The Bertz CT molecular complexity index is 1280. The molecule has 0 saturated carbocycles. The number of carboxylic acid groups (broad SMARTS) is 2. The SMILES string of the molecule is Nc1nc(/C(=N/OCC(=O)[O-])C(=O)N[C@@H]2C(=O)N3C(C(=O)[O-])=C(OCc4ccncc4)CS[C@H]23)cs1.[Na+].[Na+]. The number of aromatic nitrogens is 2. The van der Waals surface area contributed by atoms with E-state index in [0.29, 0.717) is 0 Å². The van der Waals surface area contributed by atoms with Crippen LogP contribution in [0.5, 0.6) is 0 Å².